The molecule has 35 heavy (non-hydrogen) atoms. The summed E-state index contributed by atoms with van der Waals surface area (Å²) in [7, 11) is 0. The topological polar surface area (TPSA) is 94.6 Å². The van der Waals surface area contributed by atoms with Gasteiger partial charge in [0.25, 0.3) is 0 Å². The van der Waals surface area contributed by atoms with Gasteiger partial charge in [-0.3, -0.25) is 4.79 Å². The number of nitrogens with one attached hydrogen (secondary N) is 2. The van der Waals surface area contributed by atoms with Crippen molar-refractivity contribution in [2.75, 3.05) is 28.6 Å². The Labute approximate surface area is 202 Å². The van der Waals surface area contributed by atoms with Crippen molar-refractivity contribution in [3.8, 4) is 0 Å². The number of aliphatic carboxylic acids is 1. The van der Waals surface area contributed by atoms with Crippen molar-refractivity contribution in [2.45, 2.75) is 46.2 Å². The Morgan fingerprint density at radius 3 is 2.23 bits per heavy atom. The lowest BCUT2D eigenvalue weighted by Crippen LogP contribution is -2.32. The summed E-state index contributed by atoms with van der Waals surface area (Å²) in [6, 6.07) is 6.89. The van der Waals surface area contributed by atoms with Crippen LogP contribution < -0.4 is 15.5 Å². The Bertz CT molecular complexity index is 1040. The number of alkyl halides is 3. The summed E-state index contributed by atoms with van der Waals surface area (Å²) in [6.45, 7) is 9.89. The molecule has 7 nitrogen and oxygen atoms in total. The van der Waals surface area contributed by atoms with Crippen LogP contribution in [0.1, 0.15) is 51.3 Å². The molecule has 0 saturated heterocycles. The maximum Gasteiger partial charge on any atom is 0.433 e. The quantitative estimate of drug-likeness (QED) is 0.396. The molecule has 0 aliphatic heterocycles. The van der Waals surface area contributed by atoms with Crippen molar-refractivity contribution < 1.29 is 27.9 Å². The Balaban J connectivity index is 1.86. The fraction of sp³-hybridized carbons (Fsp3) is 0.480. The normalized spacial score (nSPS) is 17.4. The van der Waals surface area contributed by atoms with Crippen LogP contribution >= 0.6 is 0 Å². The molecule has 1 aliphatic rings. The van der Waals surface area contributed by atoms with Crippen molar-refractivity contribution in [2.24, 2.45) is 17.8 Å². The van der Waals surface area contributed by atoms with E-state index < -0.39 is 29.8 Å². The maximum absolute atomic E-state index is 12.8. The van der Waals surface area contributed by atoms with E-state index >= 15 is 0 Å². The smallest absolute Gasteiger partial charge is 0.433 e. The number of carbonyl (C=O) groups excluding carboxylic acids is 1. The number of carbonyl (C=O) groups is 2. The molecule has 1 aromatic carbocycles. The number of pyridine rings is 1. The molecule has 1 aromatic heterocycles. The van der Waals surface area contributed by atoms with Gasteiger partial charge < -0.3 is 20.6 Å². The van der Waals surface area contributed by atoms with E-state index in [-0.39, 0.29) is 11.6 Å². The van der Waals surface area contributed by atoms with Crippen LogP contribution in [0.15, 0.2) is 36.5 Å². The zero-order valence-corrected chi connectivity index (χ0v) is 20.2. The van der Waals surface area contributed by atoms with Gasteiger partial charge in [-0.1, -0.05) is 33.8 Å². The Kier molecular flexibility index (Phi) is 7.92. The van der Waals surface area contributed by atoms with Crippen molar-refractivity contribution in [1.29, 1.82) is 0 Å². The molecule has 0 radical (unpaired) electrons. The largest absolute Gasteiger partial charge is 0.481 e. The highest BCUT2D eigenvalue weighted by atomic mass is 19.4. The van der Waals surface area contributed by atoms with E-state index in [1.807, 2.05) is 12.1 Å². The van der Waals surface area contributed by atoms with Crippen LogP contribution in [0.2, 0.25) is 0 Å². The highest BCUT2D eigenvalue weighted by Gasteiger charge is 2.44. The monoisotopic (exact) mass is 492 g/mol. The number of urea groups is 1. The summed E-state index contributed by atoms with van der Waals surface area (Å²) >= 11 is 0. The van der Waals surface area contributed by atoms with Crippen LogP contribution in [0.5, 0.6) is 0 Å². The lowest BCUT2D eigenvalue weighted by atomic mass is 10.0. The van der Waals surface area contributed by atoms with Crippen LogP contribution in [-0.2, 0) is 11.0 Å². The van der Waals surface area contributed by atoms with Crippen molar-refractivity contribution in [3.05, 3.63) is 47.8 Å². The molecule has 0 bridgehead atoms. The molecule has 190 valence electrons. The zero-order valence-electron chi connectivity index (χ0n) is 20.2. The van der Waals surface area contributed by atoms with E-state index in [9.17, 15) is 27.9 Å². The van der Waals surface area contributed by atoms with Gasteiger partial charge in [-0.15, -0.1) is 0 Å². The number of carboxylic acids is 1. The third-order valence-corrected chi connectivity index (χ3v) is 5.63. The van der Waals surface area contributed by atoms with Gasteiger partial charge in [0.1, 0.15) is 5.69 Å². The van der Waals surface area contributed by atoms with Gasteiger partial charge in [-0.05, 0) is 54.0 Å². The van der Waals surface area contributed by atoms with Crippen LogP contribution in [0.4, 0.5) is 35.0 Å². The molecule has 3 N–H and O–H groups in total. The summed E-state index contributed by atoms with van der Waals surface area (Å²) in [4.78, 5) is 29.7. The highest BCUT2D eigenvalue weighted by molar-refractivity contribution is 6.02. The van der Waals surface area contributed by atoms with E-state index in [0.717, 1.165) is 42.7 Å². The standard InChI is InChI=1S/C25H31F3N4O3/c1-14(2)12-32(13-15(3)4)21-7-5-16(18-10-19(18)23(33)34)9-20(21)31-24(35)30-17-6-8-22(29-11-17)25(26,27)28/h5-9,11,14-15,18-19H,10,12-13H2,1-4H3,(H,33,34)(H2,30,31,35)/t18-,19-/m1/s1. The summed E-state index contributed by atoms with van der Waals surface area (Å²) in [5.74, 6) is -0.695. The summed E-state index contributed by atoms with van der Waals surface area (Å²) in [5, 5.41) is 14.6. The maximum atomic E-state index is 12.8. The molecule has 0 unspecified atom stereocenters. The number of anilines is 3. The number of nitrogens with zero attached hydrogens (tertiary/aromatic N) is 2. The number of rotatable bonds is 9. The minimum atomic E-state index is -4.57. The van der Waals surface area contributed by atoms with E-state index in [1.165, 1.54) is 0 Å². The Morgan fingerprint density at radius 1 is 1.09 bits per heavy atom. The number of aromatic nitrogens is 1. The lowest BCUT2D eigenvalue weighted by Gasteiger charge is -2.30. The average molecular weight is 493 g/mol. The van der Waals surface area contributed by atoms with Gasteiger partial charge in [0.2, 0.25) is 0 Å². The number of amides is 2. The predicted molar refractivity (Wildman–Crippen MR) is 129 cm³/mol. The molecule has 2 aromatic rings. The third-order valence-electron chi connectivity index (χ3n) is 5.63. The Morgan fingerprint density at radius 2 is 1.74 bits per heavy atom. The first kappa shape index (κ1) is 26.3. The molecular weight excluding hydrogens is 461 g/mol. The fourth-order valence-electron chi connectivity index (χ4n) is 4.07. The first-order valence-corrected chi connectivity index (χ1v) is 11.6. The number of hydrogen-bond donors (Lipinski definition) is 3. The predicted octanol–water partition coefficient (Wildman–Crippen LogP) is 6.05. The molecule has 10 heteroatoms. The SMILES string of the molecule is CC(C)CN(CC(C)C)c1ccc([C@H]2C[C@H]2C(=O)O)cc1NC(=O)Nc1ccc(C(F)(F)F)nc1. The summed E-state index contributed by atoms with van der Waals surface area (Å²) in [5.41, 5.74) is 1.19. The van der Waals surface area contributed by atoms with Gasteiger partial charge in [-0.25, -0.2) is 9.78 Å². The molecule has 1 heterocycles. The molecule has 2 amide bonds. The van der Waals surface area contributed by atoms with Crippen molar-refractivity contribution in [1.82, 2.24) is 4.98 Å². The number of halogens is 3. The first-order valence-electron chi connectivity index (χ1n) is 11.6. The minimum Gasteiger partial charge on any atom is -0.481 e. The molecular formula is C25H31F3N4O3. The molecule has 2 atom stereocenters. The van der Waals surface area contributed by atoms with Gasteiger partial charge in [0, 0.05) is 13.1 Å². The van der Waals surface area contributed by atoms with Crippen LogP contribution in [0, 0.1) is 17.8 Å². The van der Waals surface area contributed by atoms with E-state index in [1.54, 1.807) is 6.07 Å². The summed E-state index contributed by atoms with van der Waals surface area (Å²) in [6.07, 6.45) is -3.08. The fourth-order valence-corrected chi connectivity index (χ4v) is 4.07. The summed E-state index contributed by atoms with van der Waals surface area (Å²) < 4.78 is 38.3. The molecule has 1 fully saturated rings. The van der Waals surface area contributed by atoms with E-state index in [4.69, 9.17) is 0 Å². The first-order chi connectivity index (χ1) is 16.3. The second kappa shape index (κ2) is 10.5. The zero-order chi connectivity index (χ0) is 25.9. The van der Waals surface area contributed by atoms with Gasteiger partial charge in [0.05, 0.1) is 29.2 Å². The van der Waals surface area contributed by atoms with Crippen molar-refractivity contribution in [3.63, 3.8) is 0 Å². The number of carboxylic acid groups (broad SMARTS) is 1. The van der Waals surface area contributed by atoms with Crippen molar-refractivity contribution >= 4 is 29.1 Å². The second-order valence-corrected chi connectivity index (χ2v) is 9.77. The Hall–Kier alpha value is -3.30. The highest BCUT2D eigenvalue weighted by Crippen LogP contribution is 2.49. The van der Waals surface area contributed by atoms with E-state index in [2.05, 4.69) is 48.2 Å². The average Bonchev–Trinajstić information content (AvgIpc) is 3.53. The minimum absolute atomic E-state index is 0.113. The van der Waals surface area contributed by atoms with E-state index in [0.29, 0.717) is 23.9 Å². The van der Waals surface area contributed by atoms with Gasteiger partial charge in [0.15, 0.2) is 0 Å². The molecule has 1 saturated carbocycles. The molecule has 1 aliphatic carbocycles. The van der Waals surface area contributed by atoms with Crippen LogP contribution in [-0.4, -0.2) is 35.2 Å². The third kappa shape index (κ3) is 7.10. The molecule has 3 rings (SSSR count). The van der Waals surface area contributed by atoms with Gasteiger partial charge in [-0.2, -0.15) is 13.2 Å². The van der Waals surface area contributed by atoms with Crippen LogP contribution in [0.3, 0.4) is 0 Å². The van der Waals surface area contributed by atoms with Gasteiger partial charge >= 0.3 is 18.2 Å². The number of benzene rings is 1. The lowest BCUT2D eigenvalue weighted by molar-refractivity contribution is -0.141. The molecule has 0 spiro atoms. The second-order valence-electron chi connectivity index (χ2n) is 9.77. The number of hydrogen-bond acceptors (Lipinski definition) is 4. The van der Waals surface area contributed by atoms with Crippen LogP contribution in [0.25, 0.3) is 0 Å².